The quantitative estimate of drug-likeness (QED) is 0.820. The predicted molar refractivity (Wildman–Crippen MR) is 94.1 cm³/mol. The Morgan fingerprint density at radius 1 is 1.38 bits per heavy atom. The summed E-state index contributed by atoms with van der Waals surface area (Å²) in [6, 6.07) is 5.89. The van der Waals surface area contributed by atoms with Crippen molar-refractivity contribution in [3.8, 4) is 0 Å². The number of benzene rings is 1. The lowest BCUT2D eigenvalue weighted by Crippen LogP contribution is -2.34. The fourth-order valence-corrected chi connectivity index (χ4v) is 3.59. The van der Waals surface area contributed by atoms with E-state index in [-0.39, 0.29) is 5.91 Å². The number of nitrogens with one attached hydrogen (secondary N) is 1. The van der Waals surface area contributed by atoms with E-state index in [0.29, 0.717) is 17.1 Å². The number of carbonyl (C=O) groups is 1. The molecule has 0 saturated heterocycles. The zero-order valence-corrected chi connectivity index (χ0v) is 14.7. The minimum absolute atomic E-state index is 0.0861. The molecule has 114 valence electrons. The van der Waals surface area contributed by atoms with Crippen LogP contribution in [-0.4, -0.2) is 37.0 Å². The van der Waals surface area contributed by atoms with Crippen molar-refractivity contribution < 1.29 is 4.79 Å². The van der Waals surface area contributed by atoms with Crippen LogP contribution >= 0.6 is 27.3 Å². The summed E-state index contributed by atoms with van der Waals surface area (Å²) in [4.78, 5) is 15.1. The van der Waals surface area contributed by atoms with Gasteiger partial charge < -0.3 is 16.0 Å². The van der Waals surface area contributed by atoms with Gasteiger partial charge in [-0.25, -0.2) is 0 Å². The van der Waals surface area contributed by atoms with Gasteiger partial charge in [0.05, 0.1) is 5.69 Å². The number of thiophene rings is 1. The Balaban J connectivity index is 2.07. The van der Waals surface area contributed by atoms with Crippen molar-refractivity contribution in [2.45, 2.75) is 13.8 Å². The van der Waals surface area contributed by atoms with Gasteiger partial charge in [0.2, 0.25) is 0 Å². The molecule has 4 nitrogen and oxygen atoms in total. The Hall–Kier alpha value is -1.11. The van der Waals surface area contributed by atoms with E-state index in [1.54, 1.807) is 0 Å². The van der Waals surface area contributed by atoms with Crippen molar-refractivity contribution in [2.24, 2.45) is 0 Å². The molecule has 0 atom stereocenters. The van der Waals surface area contributed by atoms with Crippen LogP contribution in [0.2, 0.25) is 0 Å². The monoisotopic (exact) mass is 369 g/mol. The standard InChI is InChI=1S/C15H20BrN3OS/c1-3-19(4-2)8-7-18-15(20)14-13(17)11-9-10(16)5-6-12(11)21-14/h5-6,9H,3-4,7-8,17H2,1-2H3,(H,18,20). The maximum Gasteiger partial charge on any atom is 0.263 e. The molecule has 0 spiro atoms. The van der Waals surface area contributed by atoms with E-state index in [1.807, 2.05) is 18.2 Å². The highest BCUT2D eigenvalue weighted by molar-refractivity contribution is 9.10. The fourth-order valence-electron chi connectivity index (χ4n) is 2.21. The van der Waals surface area contributed by atoms with Crippen LogP contribution in [0.3, 0.4) is 0 Å². The van der Waals surface area contributed by atoms with Crippen molar-refractivity contribution in [3.63, 3.8) is 0 Å². The Morgan fingerprint density at radius 3 is 2.76 bits per heavy atom. The molecule has 0 aliphatic carbocycles. The lowest BCUT2D eigenvalue weighted by molar-refractivity contribution is 0.0954. The summed E-state index contributed by atoms with van der Waals surface area (Å²) in [5, 5.41) is 3.89. The summed E-state index contributed by atoms with van der Waals surface area (Å²) in [6.45, 7) is 7.71. The van der Waals surface area contributed by atoms with Crippen LogP contribution in [0.15, 0.2) is 22.7 Å². The first-order chi connectivity index (χ1) is 10.1. The molecule has 21 heavy (non-hydrogen) atoms. The lowest BCUT2D eigenvalue weighted by atomic mass is 10.2. The van der Waals surface area contributed by atoms with Crippen molar-refractivity contribution >= 4 is 48.9 Å². The highest BCUT2D eigenvalue weighted by Crippen LogP contribution is 2.35. The molecule has 1 aromatic heterocycles. The zero-order valence-electron chi connectivity index (χ0n) is 12.3. The smallest absolute Gasteiger partial charge is 0.263 e. The number of halogens is 1. The highest BCUT2D eigenvalue weighted by Gasteiger charge is 2.16. The molecule has 2 aromatic rings. The number of nitrogen functional groups attached to an aromatic ring is 1. The van der Waals surface area contributed by atoms with Gasteiger partial charge in [0.15, 0.2) is 0 Å². The average Bonchev–Trinajstić information content (AvgIpc) is 2.80. The molecule has 1 aromatic carbocycles. The van der Waals surface area contributed by atoms with Gasteiger partial charge in [-0.1, -0.05) is 29.8 Å². The topological polar surface area (TPSA) is 58.4 Å². The van der Waals surface area contributed by atoms with E-state index in [9.17, 15) is 4.79 Å². The van der Waals surface area contributed by atoms with E-state index < -0.39 is 0 Å². The molecule has 3 N–H and O–H groups in total. The summed E-state index contributed by atoms with van der Waals surface area (Å²) in [5.74, 6) is -0.0861. The number of anilines is 1. The van der Waals surface area contributed by atoms with Crippen LogP contribution in [0, 0.1) is 0 Å². The molecular formula is C15H20BrN3OS. The minimum Gasteiger partial charge on any atom is -0.397 e. The largest absolute Gasteiger partial charge is 0.397 e. The number of amides is 1. The molecule has 0 aliphatic rings. The Kier molecular flexibility index (Phi) is 5.61. The van der Waals surface area contributed by atoms with Gasteiger partial charge in [0.1, 0.15) is 4.88 Å². The van der Waals surface area contributed by atoms with Gasteiger partial charge in [-0.15, -0.1) is 11.3 Å². The minimum atomic E-state index is -0.0861. The first-order valence-electron chi connectivity index (χ1n) is 7.04. The summed E-state index contributed by atoms with van der Waals surface area (Å²) < 4.78 is 2.00. The van der Waals surface area contributed by atoms with E-state index in [2.05, 4.69) is 40.0 Å². The number of likely N-dealkylation sites (N-methyl/N-ethyl adjacent to an activating group) is 1. The molecule has 0 radical (unpaired) electrons. The first kappa shape index (κ1) is 16.3. The second-order valence-corrected chi connectivity index (χ2v) is 6.74. The third-order valence-corrected chi connectivity index (χ3v) is 5.18. The normalized spacial score (nSPS) is 11.2. The third-order valence-electron chi connectivity index (χ3n) is 3.50. The summed E-state index contributed by atoms with van der Waals surface area (Å²) in [7, 11) is 0. The second-order valence-electron chi connectivity index (χ2n) is 4.77. The van der Waals surface area contributed by atoms with E-state index in [1.165, 1.54) is 11.3 Å². The molecule has 0 aliphatic heterocycles. The lowest BCUT2D eigenvalue weighted by Gasteiger charge is -2.17. The van der Waals surface area contributed by atoms with Crippen molar-refractivity contribution in [1.29, 1.82) is 0 Å². The Bertz CT molecular complexity index is 637. The fraction of sp³-hybridized carbons (Fsp3) is 0.400. The molecule has 1 heterocycles. The van der Waals surface area contributed by atoms with Crippen LogP contribution in [0.5, 0.6) is 0 Å². The van der Waals surface area contributed by atoms with Crippen molar-refractivity contribution in [1.82, 2.24) is 10.2 Å². The molecule has 6 heteroatoms. The van der Waals surface area contributed by atoms with Crippen LogP contribution in [0.1, 0.15) is 23.5 Å². The average molecular weight is 370 g/mol. The molecule has 0 fully saturated rings. The molecule has 1 amide bonds. The maximum atomic E-state index is 12.3. The Labute approximate surface area is 137 Å². The number of nitrogens with two attached hydrogens (primary N) is 1. The van der Waals surface area contributed by atoms with Gasteiger partial charge >= 0.3 is 0 Å². The Morgan fingerprint density at radius 2 is 2.10 bits per heavy atom. The van der Waals surface area contributed by atoms with Crippen LogP contribution < -0.4 is 11.1 Å². The summed E-state index contributed by atoms with van der Waals surface area (Å²) in [6.07, 6.45) is 0. The second kappa shape index (κ2) is 7.24. The zero-order chi connectivity index (χ0) is 15.4. The number of hydrogen-bond donors (Lipinski definition) is 2. The summed E-state index contributed by atoms with van der Waals surface area (Å²) in [5.41, 5.74) is 6.68. The van der Waals surface area contributed by atoms with E-state index >= 15 is 0 Å². The number of hydrogen-bond acceptors (Lipinski definition) is 4. The predicted octanol–water partition coefficient (Wildman–Crippen LogP) is 3.32. The third kappa shape index (κ3) is 3.75. The van der Waals surface area contributed by atoms with E-state index in [0.717, 1.165) is 34.2 Å². The van der Waals surface area contributed by atoms with Gasteiger partial charge in [-0.3, -0.25) is 4.79 Å². The number of carbonyl (C=O) groups excluding carboxylic acids is 1. The van der Waals surface area contributed by atoms with Crippen molar-refractivity contribution in [3.05, 3.63) is 27.5 Å². The molecule has 0 saturated carbocycles. The molecule has 2 rings (SSSR count). The van der Waals surface area contributed by atoms with Crippen LogP contribution in [-0.2, 0) is 0 Å². The van der Waals surface area contributed by atoms with Gasteiger partial charge in [-0.05, 0) is 31.3 Å². The van der Waals surface area contributed by atoms with Crippen LogP contribution in [0.25, 0.3) is 10.1 Å². The number of rotatable bonds is 6. The summed E-state index contributed by atoms with van der Waals surface area (Å²) >= 11 is 4.87. The van der Waals surface area contributed by atoms with Gasteiger partial charge in [-0.2, -0.15) is 0 Å². The maximum absolute atomic E-state index is 12.3. The van der Waals surface area contributed by atoms with Gasteiger partial charge in [0, 0.05) is 27.6 Å². The highest BCUT2D eigenvalue weighted by atomic mass is 79.9. The van der Waals surface area contributed by atoms with Crippen molar-refractivity contribution in [2.75, 3.05) is 31.9 Å². The van der Waals surface area contributed by atoms with E-state index in [4.69, 9.17) is 5.73 Å². The molecule has 0 bridgehead atoms. The SMILES string of the molecule is CCN(CC)CCNC(=O)c1sc2ccc(Br)cc2c1N. The molecular weight excluding hydrogens is 350 g/mol. The number of fused-ring (bicyclic) bond motifs is 1. The van der Waals surface area contributed by atoms with Crippen LogP contribution in [0.4, 0.5) is 5.69 Å². The van der Waals surface area contributed by atoms with Gasteiger partial charge in [0.25, 0.3) is 5.91 Å². The number of nitrogens with zero attached hydrogens (tertiary/aromatic N) is 1. The first-order valence-corrected chi connectivity index (χ1v) is 8.65. The molecule has 0 unspecified atom stereocenters.